The van der Waals surface area contributed by atoms with E-state index >= 15 is 0 Å². The number of unbranched alkanes of at least 4 members (excludes halogenated alkanes) is 2. The van der Waals surface area contributed by atoms with Crippen molar-refractivity contribution in [3.05, 3.63) is 23.4 Å². The van der Waals surface area contributed by atoms with Gasteiger partial charge in [-0.25, -0.2) is 0 Å². The van der Waals surface area contributed by atoms with Gasteiger partial charge in [-0.15, -0.1) is 6.42 Å². The van der Waals surface area contributed by atoms with Crippen molar-refractivity contribution in [2.75, 3.05) is 0 Å². The third-order valence-electron chi connectivity index (χ3n) is 2.21. The number of terminal acetylenes is 1. The van der Waals surface area contributed by atoms with Crippen LogP contribution in [0.4, 0.5) is 0 Å². The van der Waals surface area contributed by atoms with Gasteiger partial charge in [-0.1, -0.05) is 31.9 Å². The lowest BCUT2D eigenvalue weighted by Gasteiger charge is -1.96. The minimum absolute atomic E-state index is 0.0992. The molecule has 2 heteroatoms. The molecule has 0 saturated carbocycles. The second-order valence-corrected chi connectivity index (χ2v) is 3.63. The number of rotatable bonds is 6. The van der Waals surface area contributed by atoms with E-state index < -0.39 is 0 Å². The van der Waals surface area contributed by atoms with Crippen LogP contribution in [0.5, 0.6) is 0 Å². The fraction of sp³-hybridized carbons (Fsp3) is 0.429. The summed E-state index contributed by atoms with van der Waals surface area (Å²) in [6, 6.07) is 0. The fourth-order valence-corrected chi connectivity index (χ4v) is 1.00. The number of nitrogens with zero attached hydrogens (tertiary/aromatic N) is 1. The molecule has 86 valence electrons. The Bertz CT molecular complexity index is 351. The highest BCUT2D eigenvalue weighted by molar-refractivity contribution is 6.37. The summed E-state index contributed by atoms with van der Waals surface area (Å²) in [5.41, 5.74) is 2.10. The summed E-state index contributed by atoms with van der Waals surface area (Å²) >= 11 is 0. The van der Waals surface area contributed by atoms with Crippen molar-refractivity contribution in [2.24, 2.45) is 4.99 Å². The second kappa shape index (κ2) is 8.67. The van der Waals surface area contributed by atoms with E-state index in [1.54, 1.807) is 0 Å². The van der Waals surface area contributed by atoms with Gasteiger partial charge in [-0.05, 0) is 31.8 Å². The van der Waals surface area contributed by atoms with Gasteiger partial charge in [-0.2, -0.15) is 0 Å². The molecule has 0 aliphatic heterocycles. The van der Waals surface area contributed by atoms with Crippen molar-refractivity contribution in [1.29, 1.82) is 5.41 Å². The average molecular weight is 216 g/mol. The fourth-order valence-electron chi connectivity index (χ4n) is 1.00. The molecule has 0 saturated heterocycles. The summed E-state index contributed by atoms with van der Waals surface area (Å²) < 4.78 is 0. The monoisotopic (exact) mass is 216 g/mol. The molecule has 0 heterocycles. The molecule has 0 amide bonds. The van der Waals surface area contributed by atoms with Crippen molar-refractivity contribution in [2.45, 2.75) is 40.0 Å². The number of nitrogens with one attached hydrogen (secondary N) is 1. The minimum Gasteiger partial charge on any atom is -0.291 e. The Morgan fingerprint density at radius 2 is 2.12 bits per heavy atom. The molecule has 0 aromatic rings. The van der Waals surface area contributed by atoms with E-state index in [2.05, 4.69) is 30.0 Å². The molecule has 16 heavy (non-hydrogen) atoms. The van der Waals surface area contributed by atoms with E-state index in [0.717, 1.165) is 17.7 Å². The molecule has 0 bridgehead atoms. The van der Waals surface area contributed by atoms with E-state index in [9.17, 15) is 0 Å². The number of hydrogen-bond acceptors (Lipinski definition) is 2. The second-order valence-electron chi connectivity index (χ2n) is 3.63. The third kappa shape index (κ3) is 6.78. The van der Waals surface area contributed by atoms with Crippen molar-refractivity contribution in [3.63, 3.8) is 0 Å². The summed E-state index contributed by atoms with van der Waals surface area (Å²) in [7, 11) is 0. The molecule has 2 nitrogen and oxygen atoms in total. The zero-order chi connectivity index (χ0) is 12.4. The van der Waals surface area contributed by atoms with Crippen LogP contribution in [0.1, 0.15) is 40.0 Å². The minimum atomic E-state index is 0.0992. The zero-order valence-corrected chi connectivity index (χ0v) is 10.4. The normalized spacial score (nSPS) is 12.9. The number of aliphatic imine (C=N–C) groups is 1. The Morgan fingerprint density at radius 1 is 1.44 bits per heavy atom. The maximum Gasteiger partial charge on any atom is 0.122 e. The lowest BCUT2D eigenvalue weighted by atomic mass is 10.2. The highest BCUT2D eigenvalue weighted by Gasteiger charge is 1.90. The summed E-state index contributed by atoms with van der Waals surface area (Å²) in [4.78, 5) is 4.13. The predicted octanol–water partition coefficient (Wildman–Crippen LogP) is 3.75. The zero-order valence-electron chi connectivity index (χ0n) is 10.4. The van der Waals surface area contributed by atoms with Gasteiger partial charge in [0.1, 0.15) is 5.71 Å². The molecule has 0 aromatic carbocycles. The van der Waals surface area contributed by atoms with Gasteiger partial charge < -0.3 is 0 Å². The lowest BCUT2D eigenvalue weighted by molar-refractivity contribution is 0.814. The average Bonchev–Trinajstić information content (AvgIpc) is 2.30. The van der Waals surface area contributed by atoms with Gasteiger partial charge in [0.25, 0.3) is 0 Å². The first-order valence-corrected chi connectivity index (χ1v) is 5.55. The quantitative estimate of drug-likeness (QED) is 0.304. The van der Waals surface area contributed by atoms with Crippen molar-refractivity contribution in [3.8, 4) is 12.3 Å². The van der Waals surface area contributed by atoms with Crippen LogP contribution in [0.15, 0.2) is 28.4 Å². The molecule has 1 N–H and O–H groups in total. The summed E-state index contributed by atoms with van der Waals surface area (Å²) in [5, 5.41) is 7.24. The Hall–Kier alpha value is -1.62. The van der Waals surface area contributed by atoms with Gasteiger partial charge in [0.2, 0.25) is 0 Å². The standard InChI is InChI=1S/C14H20N2/c1-5-7-8-9-10-12(3)13(4)16-11-14(15)6-2/h2,9-11,15H,5,7-8H2,1,3-4H3/b10-9-,13-12+,15-14?,16-11-. The Balaban J connectivity index is 4.36. The maximum atomic E-state index is 7.24. The van der Waals surface area contributed by atoms with E-state index in [1.807, 2.05) is 13.8 Å². The smallest absolute Gasteiger partial charge is 0.122 e. The molecule has 0 aliphatic carbocycles. The summed E-state index contributed by atoms with van der Waals surface area (Å²) in [6.45, 7) is 6.10. The van der Waals surface area contributed by atoms with Crippen LogP contribution in [0.3, 0.4) is 0 Å². The Kier molecular flexibility index (Phi) is 7.79. The van der Waals surface area contributed by atoms with Gasteiger partial charge in [0.15, 0.2) is 0 Å². The summed E-state index contributed by atoms with van der Waals surface area (Å²) in [6.07, 6.45) is 14.2. The number of hydrogen-bond donors (Lipinski definition) is 1. The topological polar surface area (TPSA) is 36.2 Å². The highest BCUT2D eigenvalue weighted by Crippen LogP contribution is 2.07. The van der Waals surface area contributed by atoms with Crippen LogP contribution >= 0.6 is 0 Å². The summed E-state index contributed by atoms with van der Waals surface area (Å²) in [5.74, 6) is 2.21. The van der Waals surface area contributed by atoms with Crippen LogP contribution in [0, 0.1) is 17.8 Å². The largest absolute Gasteiger partial charge is 0.291 e. The molecule has 0 unspecified atom stereocenters. The molecule has 0 atom stereocenters. The first-order valence-electron chi connectivity index (χ1n) is 5.55. The van der Waals surface area contributed by atoms with Crippen molar-refractivity contribution >= 4 is 11.9 Å². The Morgan fingerprint density at radius 3 is 2.69 bits per heavy atom. The van der Waals surface area contributed by atoms with Crippen molar-refractivity contribution < 1.29 is 0 Å². The Labute approximate surface area is 98.7 Å². The molecule has 0 radical (unpaired) electrons. The van der Waals surface area contributed by atoms with Crippen molar-refractivity contribution in [1.82, 2.24) is 0 Å². The SMILES string of the molecule is C#CC(=N)\C=N/C(C)=C(C)/C=C\CCCC. The first-order chi connectivity index (χ1) is 7.61. The first kappa shape index (κ1) is 14.4. The molecule has 0 fully saturated rings. The maximum absolute atomic E-state index is 7.24. The van der Waals surface area contributed by atoms with Crippen LogP contribution < -0.4 is 0 Å². The third-order valence-corrected chi connectivity index (χ3v) is 2.21. The van der Waals surface area contributed by atoms with Crippen LogP contribution in [-0.2, 0) is 0 Å². The van der Waals surface area contributed by atoms with Crippen LogP contribution in [0.25, 0.3) is 0 Å². The lowest BCUT2D eigenvalue weighted by Crippen LogP contribution is -1.92. The molecule has 0 aliphatic rings. The van der Waals surface area contributed by atoms with Gasteiger partial charge in [0, 0.05) is 5.70 Å². The van der Waals surface area contributed by atoms with Gasteiger partial charge in [-0.3, -0.25) is 10.4 Å². The molecule has 0 rings (SSSR count). The van der Waals surface area contributed by atoms with Gasteiger partial charge >= 0.3 is 0 Å². The predicted molar refractivity (Wildman–Crippen MR) is 72.1 cm³/mol. The van der Waals surface area contributed by atoms with Crippen LogP contribution in [-0.4, -0.2) is 11.9 Å². The van der Waals surface area contributed by atoms with E-state index in [4.69, 9.17) is 11.8 Å². The molecule has 0 aromatic heterocycles. The van der Waals surface area contributed by atoms with E-state index in [0.29, 0.717) is 0 Å². The molecule has 0 spiro atoms. The molecular formula is C14H20N2. The molecular weight excluding hydrogens is 196 g/mol. The van der Waals surface area contributed by atoms with Gasteiger partial charge in [0.05, 0.1) is 6.21 Å². The van der Waals surface area contributed by atoms with E-state index in [1.165, 1.54) is 19.1 Å². The van der Waals surface area contributed by atoms with E-state index in [-0.39, 0.29) is 5.71 Å². The van der Waals surface area contributed by atoms with Crippen LogP contribution in [0.2, 0.25) is 0 Å². The highest BCUT2D eigenvalue weighted by atomic mass is 14.7. The number of allylic oxidation sites excluding steroid dienone is 4.